The molecule has 5 atom stereocenters. The second-order valence-corrected chi connectivity index (χ2v) is 28.2. The fourth-order valence-corrected chi connectivity index (χ4v) is 12.3. The number of hydrogen-bond donors (Lipinski definition) is 3. The van der Waals surface area contributed by atoms with Crippen molar-refractivity contribution < 1.29 is 80.2 Å². The van der Waals surface area contributed by atoms with E-state index in [2.05, 4.69) is 27.7 Å². The maximum absolute atomic E-state index is 13.0. The molecule has 0 spiro atoms. The highest BCUT2D eigenvalue weighted by atomic mass is 31.2. The van der Waals surface area contributed by atoms with Gasteiger partial charge in [-0.05, 0) is 25.7 Å². The predicted octanol–water partition coefficient (Wildman–Crippen LogP) is 20.3. The largest absolute Gasteiger partial charge is 0.472 e. The molecule has 17 nitrogen and oxygen atoms in total. The normalized spacial score (nSPS) is 14.0. The molecule has 0 radical (unpaired) electrons. The van der Waals surface area contributed by atoms with Gasteiger partial charge in [-0.25, -0.2) is 9.13 Å². The Labute approximate surface area is 543 Å². The van der Waals surface area contributed by atoms with Crippen LogP contribution in [0.1, 0.15) is 368 Å². The molecule has 89 heavy (non-hydrogen) atoms. The van der Waals surface area contributed by atoms with Gasteiger partial charge in [-0.15, -0.1) is 0 Å². The quantitative estimate of drug-likeness (QED) is 0.0222. The number of carbonyl (C=O) groups is 4. The van der Waals surface area contributed by atoms with Gasteiger partial charge < -0.3 is 33.8 Å². The van der Waals surface area contributed by atoms with Gasteiger partial charge in [-0.2, -0.15) is 0 Å². The van der Waals surface area contributed by atoms with Gasteiger partial charge in [0, 0.05) is 25.7 Å². The molecule has 0 saturated heterocycles. The average Bonchev–Trinajstić information content (AvgIpc) is 3.62. The molecule has 0 aromatic rings. The minimum Gasteiger partial charge on any atom is -0.462 e. The van der Waals surface area contributed by atoms with Gasteiger partial charge >= 0.3 is 39.5 Å². The van der Waals surface area contributed by atoms with E-state index < -0.39 is 97.5 Å². The minimum absolute atomic E-state index is 0.107. The summed E-state index contributed by atoms with van der Waals surface area (Å²) >= 11 is 0. The van der Waals surface area contributed by atoms with E-state index in [4.69, 9.17) is 37.0 Å². The third-order valence-corrected chi connectivity index (χ3v) is 18.3. The Bertz CT molecular complexity index is 1710. The molecule has 0 amide bonds. The molecule has 2 unspecified atom stereocenters. The zero-order chi connectivity index (χ0) is 65.4. The lowest BCUT2D eigenvalue weighted by molar-refractivity contribution is -0.161. The number of esters is 4. The number of rotatable bonds is 71. The number of unbranched alkanes of at least 4 members (excludes halogenated alkanes) is 45. The van der Waals surface area contributed by atoms with Crippen LogP contribution in [0.4, 0.5) is 0 Å². The van der Waals surface area contributed by atoms with E-state index in [0.717, 1.165) is 89.9 Å². The van der Waals surface area contributed by atoms with Crippen LogP contribution in [-0.4, -0.2) is 96.7 Å². The molecule has 528 valence electrons. The van der Waals surface area contributed by atoms with Gasteiger partial charge in [0.25, 0.3) is 0 Å². The van der Waals surface area contributed by atoms with Crippen LogP contribution in [0.25, 0.3) is 0 Å². The first-order chi connectivity index (χ1) is 43.2. The third kappa shape index (κ3) is 64.6. The highest BCUT2D eigenvalue weighted by molar-refractivity contribution is 7.47. The summed E-state index contributed by atoms with van der Waals surface area (Å²) in [6.07, 6.45) is 52.6. The summed E-state index contributed by atoms with van der Waals surface area (Å²) in [5.74, 6) is -2.12. The Morgan fingerprint density at radius 1 is 0.270 bits per heavy atom. The fraction of sp³-hybridized carbons (Fsp3) is 0.943. The number of aliphatic hydroxyl groups excluding tert-OH is 1. The van der Waals surface area contributed by atoms with E-state index in [1.54, 1.807) is 0 Å². The molecule has 0 aromatic carbocycles. The molecule has 0 aliphatic rings. The summed E-state index contributed by atoms with van der Waals surface area (Å²) in [5.41, 5.74) is 0. The smallest absolute Gasteiger partial charge is 0.462 e. The first-order valence-electron chi connectivity index (χ1n) is 36.8. The van der Waals surface area contributed by atoms with E-state index in [0.29, 0.717) is 25.7 Å². The molecule has 3 N–H and O–H groups in total. The summed E-state index contributed by atoms with van der Waals surface area (Å²) in [4.78, 5) is 72.5. The monoisotopic (exact) mass is 1310 g/mol. The molecule has 19 heteroatoms. The summed E-state index contributed by atoms with van der Waals surface area (Å²) in [7, 11) is -9.89. The molecular weight excluding hydrogens is 1170 g/mol. The predicted molar refractivity (Wildman–Crippen MR) is 359 cm³/mol. The maximum Gasteiger partial charge on any atom is 0.472 e. The Morgan fingerprint density at radius 2 is 0.449 bits per heavy atom. The number of aliphatic hydroxyl groups is 1. The van der Waals surface area contributed by atoms with Crippen molar-refractivity contribution in [3.63, 3.8) is 0 Å². The van der Waals surface area contributed by atoms with Crippen molar-refractivity contribution in [3.8, 4) is 0 Å². The lowest BCUT2D eigenvalue weighted by Crippen LogP contribution is -2.30. The van der Waals surface area contributed by atoms with Crippen LogP contribution in [0.2, 0.25) is 0 Å². The fourth-order valence-electron chi connectivity index (χ4n) is 10.7. The molecule has 0 aliphatic carbocycles. The van der Waals surface area contributed by atoms with Crippen molar-refractivity contribution >= 4 is 39.5 Å². The standard InChI is InChI=1S/C70H136O17P2/c1-5-9-13-17-21-25-29-30-31-32-33-34-35-37-41-45-49-53-57-70(75)87-66(61-81-68(73)55-51-47-43-40-36-26-22-18-14-10-6-2)63-85-89(78,79)83-59-64(71)58-82-88(76,77)84-62-65(86-69(74)56-52-48-44-39-28-24-20-16-12-8-4)60-80-67(72)54-50-46-42-38-27-23-19-15-11-7-3/h64-66,71H,5-63H2,1-4H3,(H,76,77)(H,78,79)/t64-,65+,66+/m0/s1. The maximum atomic E-state index is 13.0. The molecule has 0 saturated carbocycles. The number of carbonyl (C=O) groups excluding carboxylic acids is 4. The van der Waals surface area contributed by atoms with Gasteiger partial charge in [-0.1, -0.05) is 317 Å². The highest BCUT2D eigenvalue weighted by Crippen LogP contribution is 2.45. The van der Waals surface area contributed by atoms with Gasteiger partial charge in [0.1, 0.15) is 19.3 Å². The Hall–Kier alpha value is -1.94. The topological polar surface area (TPSA) is 237 Å². The second kappa shape index (κ2) is 64.8. The molecule has 0 heterocycles. The Morgan fingerprint density at radius 3 is 0.663 bits per heavy atom. The summed E-state index contributed by atoms with van der Waals surface area (Å²) in [6.45, 7) is 4.93. The average molecular weight is 1310 g/mol. The van der Waals surface area contributed by atoms with Gasteiger partial charge in [-0.3, -0.25) is 37.3 Å². The van der Waals surface area contributed by atoms with Crippen LogP contribution < -0.4 is 0 Å². The van der Waals surface area contributed by atoms with Crippen LogP contribution >= 0.6 is 15.6 Å². The van der Waals surface area contributed by atoms with Gasteiger partial charge in [0.2, 0.25) is 0 Å². The summed E-state index contributed by atoms with van der Waals surface area (Å²) in [5, 5.41) is 10.6. The zero-order valence-corrected chi connectivity index (χ0v) is 59.2. The van der Waals surface area contributed by atoms with E-state index in [1.807, 2.05) is 0 Å². The molecule has 0 fully saturated rings. The van der Waals surface area contributed by atoms with Crippen molar-refractivity contribution in [2.45, 2.75) is 386 Å². The molecular formula is C70H136O17P2. The minimum atomic E-state index is -4.95. The lowest BCUT2D eigenvalue weighted by Gasteiger charge is -2.21. The second-order valence-electron chi connectivity index (χ2n) is 25.3. The summed E-state index contributed by atoms with van der Waals surface area (Å²) in [6, 6.07) is 0. The third-order valence-electron chi connectivity index (χ3n) is 16.4. The van der Waals surface area contributed by atoms with Crippen molar-refractivity contribution in [2.75, 3.05) is 39.6 Å². The van der Waals surface area contributed by atoms with Crippen molar-refractivity contribution in [2.24, 2.45) is 0 Å². The van der Waals surface area contributed by atoms with Crippen LogP contribution in [0.5, 0.6) is 0 Å². The first-order valence-corrected chi connectivity index (χ1v) is 39.8. The van der Waals surface area contributed by atoms with Crippen molar-refractivity contribution in [3.05, 3.63) is 0 Å². The van der Waals surface area contributed by atoms with Crippen LogP contribution in [0, 0.1) is 0 Å². The molecule has 0 rings (SSSR count). The van der Waals surface area contributed by atoms with E-state index >= 15 is 0 Å². The lowest BCUT2D eigenvalue weighted by atomic mass is 10.0. The van der Waals surface area contributed by atoms with Crippen molar-refractivity contribution in [1.82, 2.24) is 0 Å². The Kier molecular flexibility index (Phi) is 63.3. The zero-order valence-electron chi connectivity index (χ0n) is 57.4. The number of hydrogen-bond acceptors (Lipinski definition) is 15. The Balaban J connectivity index is 5.19. The number of ether oxygens (including phenoxy) is 4. The number of phosphoric acid groups is 2. The SMILES string of the molecule is CCCCCCCCCCCCCCCCCCCCC(=O)O[C@H](COC(=O)CCCCCCCCCCCCC)COP(=O)(O)OC[C@@H](O)COP(=O)(O)OC[C@@H](COC(=O)CCCCCCCCCCCC)OC(=O)CCCCCCCCCCCC. The van der Waals surface area contributed by atoms with Crippen molar-refractivity contribution in [1.29, 1.82) is 0 Å². The number of phosphoric ester groups is 2. The van der Waals surface area contributed by atoms with Gasteiger partial charge in [0.15, 0.2) is 12.2 Å². The van der Waals surface area contributed by atoms with Crippen LogP contribution in [-0.2, 0) is 65.4 Å². The molecule has 0 bridgehead atoms. The van der Waals surface area contributed by atoms with Crippen LogP contribution in [0.3, 0.4) is 0 Å². The highest BCUT2D eigenvalue weighted by Gasteiger charge is 2.30. The van der Waals surface area contributed by atoms with E-state index in [1.165, 1.54) is 199 Å². The van der Waals surface area contributed by atoms with Crippen LogP contribution in [0.15, 0.2) is 0 Å². The van der Waals surface area contributed by atoms with Gasteiger partial charge in [0.05, 0.1) is 26.4 Å². The van der Waals surface area contributed by atoms with E-state index in [-0.39, 0.29) is 25.7 Å². The first kappa shape index (κ1) is 87.1. The summed E-state index contributed by atoms with van der Waals surface area (Å²) < 4.78 is 68.2. The van der Waals surface area contributed by atoms with E-state index in [9.17, 15) is 43.2 Å². The molecule has 0 aliphatic heterocycles. The molecule has 0 aromatic heterocycles.